The van der Waals surface area contributed by atoms with Crippen molar-refractivity contribution in [3.05, 3.63) is 34.6 Å². The first-order chi connectivity index (χ1) is 7.74. The van der Waals surface area contributed by atoms with Crippen molar-refractivity contribution in [2.45, 2.75) is 11.8 Å². The van der Waals surface area contributed by atoms with Gasteiger partial charge in [0.1, 0.15) is 5.82 Å². The molecular formula is C10H12BrFN2O2S. The Morgan fingerprint density at radius 1 is 1.59 bits per heavy atom. The van der Waals surface area contributed by atoms with Crippen molar-refractivity contribution in [2.24, 2.45) is 0 Å². The summed E-state index contributed by atoms with van der Waals surface area (Å²) in [6.45, 7) is 5.01. The Labute approximate surface area is 108 Å². The molecule has 4 nitrogen and oxygen atoms in total. The van der Waals surface area contributed by atoms with E-state index in [1.165, 1.54) is 13.0 Å². The van der Waals surface area contributed by atoms with Crippen LogP contribution in [0.15, 0.2) is 28.1 Å². The average Bonchev–Trinajstić information content (AvgIpc) is 2.22. The van der Waals surface area contributed by atoms with Crippen LogP contribution in [0.3, 0.4) is 0 Å². The van der Waals surface area contributed by atoms with Gasteiger partial charge in [-0.05, 0) is 24.6 Å². The molecule has 0 bridgehead atoms. The molecule has 0 aliphatic rings. The van der Waals surface area contributed by atoms with Crippen LogP contribution >= 0.6 is 15.9 Å². The minimum Gasteiger partial charge on any atom is -0.396 e. The zero-order valence-corrected chi connectivity index (χ0v) is 11.5. The largest absolute Gasteiger partial charge is 0.396 e. The quantitative estimate of drug-likeness (QED) is 0.832. The van der Waals surface area contributed by atoms with Crippen molar-refractivity contribution in [3.63, 3.8) is 0 Å². The van der Waals surface area contributed by atoms with Gasteiger partial charge in [-0.1, -0.05) is 22.5 Å². The zero-order valence-electron chi connectivity index (χ0n) is 9.13. The number of rotatable bonds is 4. The number of hydrogen-bond acceptors (Lipinski definition) is 3. The van der Waals surface area contributed by atoms with E-state index in [1.807, 2.05) is 0 Å². The van der Waals surface area contributed by atoms with Gasteiger partial charge in [0, 0.05) is 11.0 Å². The van der Waals surface area contributed by atoms with Gasteiger partial charge in [-0.25, -0.2) is 17.5 Å². The molecule has 1 aromatic rings. The van der Waals surface area contributed by atoms with Gasteiger partial charge in [-0.3, -0.25) is 0 Å². The highest BCUT2D eigenvalue weighted by molar-refractivity contribution is 9.11. The van der Waals surface area contributed by atoms with Gasteiger partial charge in [-0.2, -0.15) is 0 Å². The van der Waals surface area contributed by atoms with Crippen LogP contribution in [0.5, 0.6) is 0 Å². The predicted octanol–water partition coefficient (Wildman–Crippen LogP) is 1.90. The lowest BCUT2D eigenvalue weighted by Crippen LogP contribution is -2.25. The smallest absolute Gasteiger partial charge is 0.240 e. The third-order valence-electron chi connectivity index (χ3n) is 2.02. The number of sulfonamides is 1. The van der Waals surface area contributed by atoms with Crippen molar-refractivity contribution < 1.29 is 12.8 Å². The van der Waals surface area contributed by atoms with Gasteiger partial charge in [0.25, 0.3) is 0 Å². The number of nitrogens with two attached hydrogens (primary N) is 1. The van der Waals surface area contributed by atoms with Crippen LogP contribution in [0.1, 0.15) is 5.56 Å². The van der Waals surface area contributed by atoms with Crippen molar-refractivity contribution in [1.82, 2.24) is 4.72 Å². The molecule has 0 amide bonds. The van der Waals surface area contributed by atoms with E-state index in [1.54, 1.807) is 0 Å². The summed E-state index contributed by atoms with van der Waals surface area (Å²) in [5.74, 6) is -0.603. The molecule has 0 saturated carbocycles. The highest BCUT2D eigenvalue weighted by Crippen LogP contribution is 2.20. The monoisotopic (exact) mass is 322 g/mol. The van der Waals surface area contributed by atoms with E-state index in [0.29, 0.717) is 4.48 Å². The molecule has 94 valence electrons. The predicted molar refractivity (Wildman–Crippen MR) is 68.8 cm³/mol. The second-order valence-corrected chi connectivity index (χ2v) is 6.37. The molecule has 0 spiro atoms. The van der Waals surface area contributed by atoms with Crippen molar-refractivity contribution >= 4 is 31.6 Å². The van der Waals surface area contributed by atoms with Crippen molar-refractivity contribution in [2.75, 3.05) is 12.3 Å². The molecule has 0 aliphatic heterocycles. The lowest BCUT2D eigenvalue weighted by atomic mass is 10.2. The highest BCUT2D eigenvalue weighted by Gasteiger charge is 2.16. The standard InChI is InChI=1S/C10H12BrFN2O2S/c1-6-3-8(4-9(13)10(6)12)17(15,16)14-5-7(2)11/h3-4,14H,2,5,13H2,1H3. The number of aryl methyl sites for hydroxylation is 1. The van der Waals surface area contributed by atoms with Gasteiger partial charge in [0.05, 0.1) is 10.6 Å². The van der Waals surface area contributed by atoms with Crippen molar-refractivity contribution in [1.29, 1.82) is 0 Å². The molecule has 0 unspecified atom stereocenters. The second-order valence-electron chi connectivity index (χ2n) is 3.49. The Morgan fingerprint density at radius 2 is 2.18 bits per heavy atom. The van der Waals surface area contributed by atoms with E-state index in [4.69, 9.17) is 5.73 Å². The Kier molecular flexibility index (Phi) is 4.29. The molecule has 0 saturated heterocycles. The molecule has 1 rings (SSSR count). The number of halogens is 2. The van der Waals surface area contributed by atoms with Crippen LogP contribution in [-0.4, -0.2) is 15.0 Å². The maximum Gasteiger partial charge on any atom is 0.240 e. The Morgan fingerprint density at radius 3 is 2.65 bits per heavy atom. The van der Waals surface area contributed by atoms with Gasteiger partial charge in [0.15, 0.2) is 0 Å². The molecule has 0 aliphatic carbocycles. The Hall–Kier alpha value is -0.920. The van der Waals surface area contributed by atoms with Crippen LogP contribution in [0.2, 0.25) is 0 Å². The van der Waals surface area contributed by atoms with E-state index < -0.39 is 15.8 Å². The zero-order chi connectivity index (χ0) is 13.2. The van der Waals surface area contributed by atoms with E-state index in [-0.39, 0.29) is 22.7 Å². The summed E-state index contributed by atoms with van der Waals surface area (Å²) in [7, 11) is -3.70. The van der Waals surface area contributed by atoms with E-state index in [2.05, 4.69) is 27.2 Å². The molecular weight excluding hydrogens is 311 g/mol. The summed E-state index contributed by atoms with van der Waals surface area (Å²) in [5.41, 5.74) is 5.37. The summed E-state index contributed by atoms with van der Waals surface area (Å²) < 4.78 is 39.6. The highest BCUT2D eigenvalue weighted by atomic mass is 79.9. The molecule has 0 heterocycles. The first-order valence-corrected chi connectivity index (χ1v) is 6.90. The first-order valence-electron chi connectivity index (χ1n) is 4.62. The Bertz CT molecular complexity index is 534. The van der Waals surface area contributed by atoms with Crippen LogP contribution in [0.4, 0.5) is 10.1 Å². The third kappa shape index (κ3) is 3.52. The van der Waals surface area contributed by atoms with Crippen LogP contribution in [-0.2, 0) is 10.0 Å². The topological polar surface area (TPSA) is 72.2 Å². The van der Waals surface area contributed by atoms with Crippen LogP contribution in [0.25, 0.3) is 0 Å². The minimum absolute atomic E-state index is 0.0542. The molecule has 0 atom stereocenters. The second kappa shape index (κ2) is 5.16. The lowest BCUT2D eigenvalue weighted by molar-refractivity contribution is 0.584. The van der Waals surface area contributed by atoms with Gasteiger partial charge in [0.2, 0.25) is 10.0 Å². The average molecular weight is 323 g/mol. The van der Waals surface area contributed by atoms with Gasteiger partial charge in [-0.15, -0.1) is 0 Å². The number of nitrogen functional groups attached to an aromatic ring is 1. The van der Waals surface area contributed by atoms with Crippen LogP contribution in [0, 0.1) is 12.7 Å². The molecule has 0 radical (unpaired) electrons. The Balaban J connectivity index is 3.12. The molecule has 0 fully saturated rings. The number of anilines is 1. The third-order valence-corrected chi connectivity index (χ3v) is 3.68. The SMILES string of the molecule is C=C(Br)CNS(=O)(=O)c1cc(C)c(F)c(N)c1. The molecule has 7 heteroatoms. The fraction of sp³-hybridized carbons (Fsp3) is 0.200. The fourth-order valence-electron chi connectivity index (χ4n) is 1.17. The molecule has 17 heavy (non-hydrogen) atoms. The normalized spacial score (nSPS) is 11.5. The van der Waals surface area contributed by atoms with Crippen LogP contribution < -0.4 is 10.5 Å². The van der Waals surface area contributed by atoms with Gasteiger partial charge >= 0.3 is 0 Å². The maximum absolute atomic E-state index is 13.3. The minimum atomic E-state index is -3.70. The summed E-state index contributed by atoms with van der Waals surface area (Å²) >= 11 is 3.03. The van der Waals surface area contributed by atoms with Gasteiger partial charge < -0.3 is 5.73 Å². The fourth-order valence-corrected chi connectivity index (χ4v) is 2.65. The number of nitrogens with one attached hydrogen (secondary N) is 1. The van der Waals surface area contributed by atoms with E-state index in [0.717, 1.165) is 6.07 Å². The summed E-state index contributed by atoms with van der Waals surface area (Å²) in [5, 5.41) is 0. The summed E-state index contributed by atoms with van der Waals surface area (Å²) in [6.07, 6.45) is 0. The lowest BCUT2D eigenvalue weighted by Gasteiger charge is -2.08. The maximum atomic E-state index is 13.3. The molecule has 0 aromatic heterocycles. The number of benzene rings is 1. The summed E-state index contributed by atoms with van der Waals surface area (Å²) in [6, 6.07) is 2.31. The molecule has 1 aromatic carbocycles. The van der Waals surface area contributed by atoms with E-state index in [9.17, 15) is 12.8 Å². The number of hydrogen-bond donors (Lipinski definition) is 2. The molecule has 3 N–H and O–H groups in total. The summed E-state index contributed by atoms with van der Waals surface area (Å²) in [4.78, 5) is -0.0670. The van der Waals surface area contributed by atoms with Crippen molar-refractivity contribution in [3.8, 4) is 0 Å². The van der Waals surface area contributed by atoms with E-state index >= 15 is 0 Å². The first kappa shape index (κ1) is 14.1.